The van der Waals surface area contributed by atoms with Crippen molar-refractivity contribution in [3.63, 3.8) is 0 Å². The van der Waals surface area contributed by atoms with Gasteiger partial charge in [-0.3, -0.25) is 14.9 Å². The van der Waals surface area contributed by atoms with Crippen LogP contribution in [0.3, 0.4) is 0 Å². The van der Waals surface area contributed by atoms with E-state index in [0.29, 0.717) is 13.1 Å². The molecule has 1 aliphatic carbocycles. The molecular weight excluding hydrogens is 333 g/mol. The maximum atomic E-state index is 13.4. The summed E-state index contributed by atoms with van der Waals surface area (Å²) in [6.45, 7) is 0.630. The lowest BCUT2D eigenvalue weighted by Crippen LogP contribution is -2.29. The molecule has 1 aliphatic rings. The van der Waals surface area contributed by atoms with Gasteiger partial charge in [0.2, 0.25) is 5.91 Å². The minimum Gasteiger partial charge on any atom is -0.378 e. The van der Waals surface area contributed by atoms with Gasteiger partial charge >= 0.3 is 0 Å². The normalized spacial score (nSPS) is 13.9. The van der Waals surface area contributed by atoms with Crippen LogP contribution in [-0.4, -0.2) is 23.9 Å². The molecule has 2 rings (SSSR count). The quantitative estimate of drug-likeness (QED) is 0.471. The zero-order valence-electron chi connectivity index (χ0n) is 10.5. The Morgan fingerprint density at radius 3 is 2.75 bits per heavy atom. The van der Waals surface area contributed by atoms with E-state index in [-0.39, 0.29) is 27.7 Å². The molecule has 0 atom stereocenters. The molecule has 1 aromatic rings. The number of halogens is 2. The van der Waals surface area contributed by atoms with Crippen molar-refractivity contribution in [2.75, 3.05) is 18.4 Å². The number of amides is 1. The van der Waals surface area contributed by atoms with E-state index in [2.05, 4.69) is 26.6 Å². The molecule has 0 saturated heterocycles. The standard InChI is InChI=1S/C12H13BrFN3O3/c13-8-5-11(17(19)20)10(6-9(8)14)15-3-4-16-12(18)7-1-2-7/h5-7,15H,1-4H2,(H,16,18). The minimum atomic E-state index is -0.588. The number of nitrogens with one attached hydrogen (secondary N) is 2. The Morgan fingerprint density at radius 2 is 2.15 bits per heavy atom. The van der Waals surface area contributed by atoms with Crippen LogP contribution in [0.15, 0.2) is 16.6 Å². The summed E-state index contributed by atoms with van der Waals surface area (Å²) < 4.78 is 13.4. The first-order chi connectivity index (χ1) is 9.49. The molecule has 0 spiro atoms. The molecule has 108 valence electrons. The number of benzene rings is 1. The van der Waals surface area contributed by atoms with Gasteiger partial charge in [-0.1, -0.05) is 0 Å². The van der Waals surface area contributed by atoms with Crippen molar-refractivity contribution >= 4 is 33.2 Å². The molecule has 8 heteroatoms. The highest BCUT2D eigenvalue weighted by Crippen LogP contribution is 2.30. The third kappa shape index (κ3) is 3.66. The van der Waals surface area contributed by atoms with Crippen LogP contribution in [0.2, 0.25) is 0 Å². The predicted molar refractivity (Wildman–Crippen MR) is 75.0 cm³/mol. The SMILES string of the molecule is O=C(NCCNc1cc(F)c(Br)cc1[N+](=O)[O-])C1CC1. The molecule has 0 radical (unpaired) electrons. The molecule has 1 saturated carbocycles. The molecule has 0 aromatic heterocycles. The summed E-state index contributed by atoms with van der Waals surface area (Å²) in [6, 6.07) is 2.17. The number of rotatable bonds is 6. The zero-order valence-corrected chi connectivity index (χ0v) is 12.1. The second-order valence-electron chi connectivity index (χ2n) is 4.53. The molecule has 6 nitrogen and oxygen atoms in total. The molecule has 0 unspecified atom stereocenters. The lowest BCUT2D eigenvalue weighted by molar-refractivity contribution is -0.384. The Balaban J connectivity index is 1.92. The van der Waals surface area contributed by atoms with Gasteiger partial charge in [0.25, 0.3) is 5.69 Å². The lowest BCUT2D eigenvalue weighted by Gasteiger charge is -2.09. The van der Waals surface area contributed by atoms with Gasteiger partial charge in [-0.25, -0.2) is 4.39 Å². The van der Waals surface area contributed by atoms with Crippen LogP contribution in [0.25, 0.3) is 0 Å². The molecule has 1 aromatic carbocycles. The number of carbonyl (C=O) groups excluding carboxylic acids is 1. The second-order valence-corrected chi connectivity index (χ2v) is 5.39. The van der Waals surface area contributed by atoms with Gasteiger partial charge in [-0.05, 0) is 28.8 Å². The van der Waals surface area contributed by atoms with Gasteiger partial charge in [0, 0.05) is 31.1 Å². The first-order valence-corrected chi connectivity index (χ1v) is 6.93. The van der Waals surface area contributed by atoms with Crippen LogP contribution in [0.5, 0.6) is 0 Å². The number of nitrogens with zero attached hydrogens (tertiary/aromatic N) is 1. The molecule has 1 amide bonds. The highest BCUT2D eigenvalue weighted by atomic mass is 79.9. The van der Waals surface area contributed by atoms with Crippen molar-refractivity contribution in [2.45, 2.75) is 12.8 Å². The molecule has 20 heavy (non-hydrogen) atoms. The predicted octanol–water partition coefficient (Wildman–Crippen LogP) is 2.43. The molecule has 1 fully saturated rings. The summed E-state index contributed by atoms with van der Waals surface area (Å²) in [5.41, 5.74) is -0.122. The first kappa shape index (κ1) is 14.7. The van der Waals surface area contributed by atoms with Crippen LogP contribution in [0.4, 0.5) is 15.8 Å². The van der Waals surface area contributed by atoms with Crippen molar-refractivity contribution in [2.24, 2.45) is 5.92 Å². The fraction of sp³-hybridized carbons (Fsp3) is 0.417. The van der Waals surface area contributed by atoms with Gasteiger partial charge in [-0.15, -0.1) is 0 Å². The smallest absolute Gasteiger partial charge is 0.293 e. The van der Waals surface area contributed by atoms with Crippen LogP contribution in [0, 0.1) is 21.8 Å². The Morgan fingerprint density at radius 1 is 1.45 bits per heavy atom. The average molecular weight is 346 g/mol. The van der Waals surface area contributed by atoms with Gasteiger partial charge in [-0.2, -0.15) is 0 Å². The summed E-state index contributed by atoms with van der Waals surface area (Å²) in [5, 5.41) is 16.4. The summed E-state index contributed by atoms with van der Waals surface area (Å²) in [4.78, 5) is 21.7. The van der Waals surface area contributed by atoms with Crippen molar-refractivity contribution in [3.05, 3.63) is 32.5 Å². The van der Waals surface area contributed by atoms with Gasteiger partial charge in [0.1, 0.15) is 11.5 Å². The summed E-state index contributed by atoms with van der Waals surface area (Å²) in [5.74, 6) is -0.460. The zero-order chi connectivity index (χ0) is 14.7. The third-order valence-corrected chi connectivity index (χ3v) is 3.53. The van der Waals surface area contributed by atoms with Gasteiger partial charge < -0.3 is 10.6 Å². The Labute approximate surface area is 123 Å². The van der Waals surface area contributed by atoms with Crippen molar-refractivity contribution in [1.82, 2.24) is 5.32 Å². The van der Waals surface area contributed by atoms with E-state index in [0.717, 1.165) is 25.0 Å². The maximum absolute atomic E-state index is 13.4. The second kappa shape index (κ2) is 6.17. The summed E-state index contributed by atoms with van der Waals surface area (Å²) in [7, 11) is 0. The maximum Gasteiger partial charge on any atom is 0.293 e. The number of anilines is 1. The van der Waals surface area contributed by atoms with E-state index in [1.807, 2.05) is 0 Å². The highest BCUT2D eigenvalue weighted by Gasteiger charge is 2.29. The van der Waals surface area contributed by atoms with E-state index in [9.17, 15) is 19.3 Å². The first-order valence-electron chi connectivity index (χ1n) is 6.14. The summed E-state index contributed by atoms with van der Waals surface area (Å²) >= 11 is 2.91. The summed E-state index contributed by atoms with van der Waals surface area (Å²) in [6.07, 6.45) is 1.84. The van der Waals surface area contributed by atoms with E-state index >= 15 is 0 Å². The third-order valence-electron chi connectivity index (χ3n) is 2.92. The van der Waals surface area contributed by atoms with Crippen LogP contribution in [-0.2, 0) is 4.79 Å². The van der Waals surface area contributed by atoms with Crippen molar-refractivity contribution in [1.29, 1.82) is 0 Å². The number of nitro benzene ring substituents is 1. The minimum absolute atomic E-state index is 0.00304. The van der Waals surface area contributed by atoms with E-state index < -0.39 is 10.7 Å². The van der Waals surface area contributed by atoms with E-state index in [1.54, 1.807) is 0 Å². The van der Waals surface area contributed by atoms with E-state index in [1.165, 1.54) is 0 Å². The molecule has 2 N–H and O–H groups in total. The van der Waals surface area contributed by atoms with E-state index in [4.69, 9.17) is 0 Å². The molecule has 0 bridgehead atoms. The fourth-order valence-corrected chi connectivity index (χ4v) is 2.03. The van der Waals surface area contributed by atoms with Gasteiger partial charge in [0.05, 0.1) is 9.40 Å². The Hall–Kier alpha value is -1.70. The van der Waals surface area contributed by atoms with Crippen LogP contribution in [0.1, 0.15) is 12.8 Å². The monoisotopic (exact) mass is 345 g/mol. The van der Waals surface area contributed by atoms with Crippen LogP contribution >= 0.6 is 15.9 Å². The molecule has 0 aliphatic heterocycles. The highest BCUT2D eigenvalue weighted by molar-refractivity contribution is 9.10. The topological polar surface area (TPSA) is 84.3 Å². The number of hydrogen-bond acceptors (Lipinski definition) is 4. The van der Waals surface area contributed by atoms with Crippen molar-refractivity contribution < 1.29 is 14.1 Å². The van der Waals surface area contributed by atoms with Crippen molar-refractivity contribution in [3.8, 4) is 0 Å². The van der Waals surface area contributed by atoms with Gasteiger partial charge in [0.15, 0.2) is 0 Å². The lowest BCUT2D eigenvalue weighted by atomic mass is 10.2. The largest absolute Gasteiger partial charge is 0.378 e. The molecule has 0 heterocycles. The number of carbonyl (C=O) groups is 1. The molecular formula is C12H13BrFN3O3. The van der Waals surface area contributed by atoms with Crippen LogP contribution < -0.4 is 10.6 Å². The Bertz CT molecular complexity index is 549. The average Bonchev–Trinajstić information content (AvgIpc) is 3.22. The fourth-order valence-electron chi connectivity index (χ4n) is 1.70. The number of hydrogen-bond donors (Lipinski definition) is 2. The number of nitro groups is 1. The Kier molecular flexibility index (Phi) is 4.53.